The van der Waals surface area contributed by atoms with Gasteiger partial charge in [0.2, 0.25) is 0 Å². The quantitative estimate of drug-likeness (QED) is 0.596. The smallest absolute Gasteiger partial charge is 0.269 e. The maximum atomic E-state index is 12.6. The summed E-state index contributed by atoms with van der Waals surface area (Å²) in [5, 5.41) is 10.6. The van der Waals surface area contributed by atoms with Gasteiger partial charge in [0, 0.05) is 23.7 Å². The van der Waals surface area contributed by atoms with Crippen molar-refractivity contribution in [2.24, 2.45) is 0 Å². The van der Waals surface area contributed by atoms with Crippen LogP contribution in [0.5, 0.6) is 0 Å². The fourth-order valence-corrected chi connectivity index (χ4v) is 3.30. The summed E-state index contributed by atoms with van der Waals surface area (Å²) in [7, 11) is -2.32. The number of nitrogens with zero attached hydrogens (tertiary/aromatic N) is 2. The van der Waals surface area contributed by atoms with Crippen LogP contribution in [-0.4, -0.2) is 20.4 Å². The second-order valence-electron chi connectivity index (χ2n) is 4.66. The van der Waals surface area contributed by atoms with Gasteiger partial charge in [0.15, 0.2) is 0 Å². The van der Waals surface area contributed by atoms with Gasteiger partial charge in [-0.2, -0.15) is 0 Å². The van der Waals surface area contributed by atoms with Crippen molar-refractivity contribution in [3.63, 3.8) is 0 Å². The highest BCUT2D eigenvalue weighted by atomic mass is 79.9. The molecule has 0 atom stereocenters. The Morgan fingerprint density at radius 2 is 1.73 bits per heavy atom. The predicted octanol–water partition coefficient (Wildman–Crippen LogP) is 3.49. The van der Waals surface area contributed by atoms with Crippen LogP contribution in [0.4, 0.5) is 11.4 Å². The second-order valence-corrected chi connectivity index (χ2v) is 7.48. The standard InChI is InChI=1S/C14H13BrN2O4S/c1-10-9-12(5-8-14(10)15)16(2)22(20,21)13-6-3-11(4-7-13)17(18)19/h3-9H,1-2H3. The number of anilines is 1. The van der Waals surface area contributed by atoms with Crippen LogP contribution in [0.15, 0.2) is 51.8 Å². The summed E-state index contributed by atoms with van der Waals surface area (Å²) in [4.78, 5) is 10.1. The molecule has 0 saturated carbocycles. The molecule has 6 nitrogen and oxygen atoms in total. The van der Waals surface area contributed by atoms with Crippen LogP contribution in [0.3, 0.4) is 0 Å². The molecule has 0 spiro atoms. The van der Waals surface area contributed by atoms with E-state index in [-0.39, 0.29) is 10.6 Å². The van der Waals surface area contributed by atoms with Crippen molar-refractivity contribution in [1.29, 1.82) is 0 Å². The normalized spacial score (nSPS) is 11.2. The zero-order valence-electron chi connectivity index (χ0n) is 11.9. The van der Waals surface area contributed by atoms with E-state index in [0.717, 1.165) is 14.3 Å². The van der Waals surface area contributed by atoms with Gasteiger partial charge in [0.05, 0.1) is 15.5 Å². The lowest BCUT2D eigenvalue weighted by atomic mass is 10.2. The molecule has 2 aromatic carbocycles. The zero-order valence-corrected chi connectivity index (χ0v) is 14.3. The minimum absolute atomic E-state index is 0.00109. The molecule has 0 aromatic heterocycles. The number of nitro groups is 1. The largest absolute Gasteiger partial charge is 0.269 e. The van der Waals surface area contributed by atoms with E-state index >= 15 is 0 Å². The van der Waals surface area contributed by atoms with E-state index in [9.17, 15) is 18.5 Å². The van der Waals surface area contributed by atoms with Gasteiger partial charge in [-0.15, -0.1) is 0 Å². The summed E-state index contributed by atoms with van der Waals surface area (Å²) in [5.41, 5.74) is 1.27. The van der Waals surface area contributed by atoms with E-state index < -0.39 is 14.9 Å². The van der Waals surface area contributed by atoms with Gasteiger partial charge >= 0.3 is 0 Å². The van der Waals surface area contributed by atoms with Crippen molar-refractivity contribution in [1.82, 2.24) is 0 Å². The predicted molar refractivity (Wildman–Crippen MR) is 87.6 cm³/mol. The number of benzene rings is 2. The molecule has 0 saturated heterocycles. The first-order chi connectivity index (χ1) is 10.2. The SMILES string of the molecule is Cc1cc(N(C)S(=O)(=O)c2ccc([N+](=O)[O-])cc2)ccc1Br. The highest BCUT2D eigenvalue weighted by Gasteiger charge is 2.22. The van der Waals surface area contributed by atoms with Gasteiger partial charge in [0.25, 0.3) is 15.7 Å². The maximum Gasteiger partial charge on any atom is 0.269 e. The maximum absolute atomic E-state index is 12.6. The van der Waals surface area contributed by atoms with E-state index in [4.69, 9.17) is 0 Å². The van der Waals surface area contributed by atoms with Gasteiger partial charge in [-0.25, -0.2) is 8.42 Å². The molecule has 22 heavy (non-hydrogen) atoms. The Kier molecular flexibility index (Phi) is 4.52. The Bertz CT molecular complexity index is 819. The third-order valence-corrected chi connectivity index (χ3v) is 5.90. The molecule has 0 aliphatic heterocycles. The Morgan fingerprint density at radius 3 is 2.23 bits per heavy atom. The number of halogens is 1. The summed E-state index contributed by atoms with van der Waals surface area (Å²) < 4.78 is 27.1. The summed E-state index contributed by atoms with van der Waals surface area (Å²) in [5.74, 6) is 0. The van der Waals surface area contributed by atoms with Crippen LogP contribution in [0, 0.1) is 17.0 Å². The fraction of sp³-hybridized carbons (Fsp3) is 0.143. The van der Waals surface area contributed by atoms with E-state index in [1.165, 1.54) is 31.3 Å². The molecule has 0 bridgehead atoms. The van der Waals surface area contributed by atoms with Crippen molar-refractivity contribution in [2.75, 3.05) is 11.4 Å². The first-order valence-electron chi connectivity index (χ1n) is 6.23. The fourth-order valence-electron chi connectivity index (χ4n) is 1.86. The van der Waals surface area contributed by atoms with Crippen LogP contribution in [-0.2, 0) is 10.0 Å². The molecule has 2 aromatic rings. The first-order valence-corrected chi connectivity index (χ1v) is 8.46. The Hall–Kier alpha value is -1.93. The number of hydrogen-bond donors (Lipinski definition) is 0. The average Bonchev–Trinajstić information content (AvgIpc) is 2.49. The van der Waals surface area contributed by atoms with E-state index in [1.807, 2.05) is 6.92 Å². The second kappa shape index (κ2) is 6.05. The number of hydrogen-bond acceptors (Lipinski definition) is 4. The molecule has 0 aliphatic carbocycles. The van der Waals surface area contributed by atoms with E-state index in [2.05, 4.69) is 15.9 Å². The van der Waals surface area contributed by atoms with Crippen molar-refractivity contribution >= 4 is 37.3 Å². The number of nitro benzene ring substituents is 1. The lowest BCUT2D eigenvalue weighted by Crippen LogP contribution is -2.26. The molecule has 8 heteroatoms. The number of aryl methyl sites for hydroxylation is 1. The molecule has 0 N–H and O–H groups in total. The lowest BCUT2D eigenvalue weighted by Gasteiger charge is -2.20. The molecule has 0 unspecified atom stereocenters. The van der Waals surface area contributed by atoms with Crippen LogP contribution in [0.2, 0.25) is 0 Å². The molecule has 116 valence electrons. The molecular formula is C14H13BrN2O4S. The van der Waals surface area contributed by atoms with Gasteiger partial charge < -0.3 is 0 Å². The molecule has 0 aliphatic rings. The molecule has 0 radical (unpaired) electrons. The van der Waals surface area contributed by atoms with Crippen molar-refractivity contribution in [2.45, 2.75) is 11.8 Å². The summed E-state index contributed by atoms with van der Waals surface area (Å²) in [6.07, 6.45) is 0. The molecule has 2 rings (SSSR count). The first kappa shape index (κ1) is 16.4. The minimum atomic E-state index is -3.77. The van der Waals surface area contributed by atoms with Crippen molar-refractivity contribution < 1.29 is 13.3 Å². The van der Waals surface area contributed by atoms with Gasteiger partial charge in [0.1, 0.15) is 0 Å². The van der Waals surface area contributed by atoms with Crippen LogP contribution in [0.25, 0.3) is 0 Å². The zero-order chi connectivity index (χ0) is 16.5. The Labute approximate surface area is 136 Å². The molecule has 0 fully saturated rings. The average molecular weight is 385 g/mol. The Balaban J connectivity index is 2.40. The van der Waals surface area contributed by atoms with Gasteiger partial charge in [-0.1, -0.05) is 15.9 Å². The lowest BCUT2D eigenvalue weighted by molar-refractivity contribution is -0.384. The molecule has 0 heterocycles. The number of non-ortho nitro benzene ring substituents is 1. The minimum Gasteiger partial charge on any atom is -0.269 e. The topological polar surface area (TPSA) is 80.5 Å². The summed E-state index contributed by atoms with van der Waals surface area (Å²) in [6, 6.07) is 10.0. The monoisotopic (exact) mass is 384 g/mol. The highest BCUT2D eigenvalue weighted by Crippen LogP contribution is 2.27. The van der Waals surface area contributed by atoms with Crippen molar-refractivity contribution in [3.8, 4) is 0 Å². The third-order valence-electron chi connectivity index (χ3n) is 3.21. The summed E-state index contributed by atoms with van der Waals surface area (Å²) >= 11 is 3.36. The van der Waals surface area contributed by atoms with E-state index in [1.54, 1.807) is 18.2 Å². The van der Waals surface area contributed by atoms with Crippen LogP contribution >= 0.6 is 15.9 Å². The van der Waals surface area contributed by atoms with Gasteiger partial charge in [-0.05, 0) is 42.8 Å². The van der Waals surface area contributed by atoms with Crippen molar-refractivity contribution in [3.05, 3.63) is 62.6 Å². The molecule has 0 amide bonds. The number of rotatable bonds is 4. The number of sulfonamides is 1. The van der Waals surface area contributed by atoms with Gasteiger partial charge in [-0.3, -0.25) is 14.4 Å². The summed E-state index contributed by atoms with van der Waals surface area (Å²) in [6.45, 7) is 1.86. The highest BCUT2D eigenvalue weighted by molar-refractivity contribution is 9.10. The third kappa shape index (κ3) is 3.12. The van der Waals surface area contributed by atoms with Crippen LogP contribution < -0.4 is 4.31 Å². The van der Waals surface area contributed by atoms with Crippen LogP contribution in [0.1, 0.15) is 5.56 Å². The van der Waals surface area contributed by atoms with E-state index in [0.29, 0.717) is 5.69 Å². The Morgan fingerprint density at radius 1 is 1.14 bits per heavy atom. The molecular weight excluding hydrogens is 372 g/mol.